The summed E-state index contributed by atoms with van der Waals surface area (Å²) >= 11 is 0. The lowest BCUT2D eigenvalue weighted by atomic mass is 9.99. The summed E-state index contributed by atoms with van der Waals surface area (Å²) in [6.07, 6.45) is 4.46. The molecule has 0 bridgehead atoms. The third-order valence-electron chi connectivity index (χ3n) is 3.87. The van der Waals surface area contributed by atoms with Crippen molar-refractivity contribution in [1.82, 2.24) is 20.1 Å². The lowest BCUT2D eigenvalue weighted by Crippen LogP contribution is -2.41. The first kappa shape index (κ1) is 12.6. The summed E-state index contributed by atoms with van der Waals surface area (Å²) in [5, 5.41) is 6.96. The van der Waals surface area contributed by atoms with Gasteiger partial charge in [-0.25, -0.2) is 4.98 Å². The number of H-pyrrole nitrogens is 1. The predicted octanol–water partition coefficient (Wildman–Crippen LogP) is 1.18. The van der Waals surface area contributed by atoms with Crippen LogP contribution < -0.4 is 0 Å². The Morgan fingerprint density at radius 1 is 1.47 bits per heavy atom. The minimum absolute atomic E-state index is 0.0519. The van der Waals surface area contributed by atoms with Crippen molar-refractivity contribution in [3.63, 3.8) is 0 Å². The first-order valence-electron chi connectivity index (χ1n) is 6.98. The van der Waals surface area contributed by atoms with Gasteiger partial charge in [-0.2, -0.15) is 0 Å². The van der Waals surface area contributed by atoms with E-state index in [-0.39, 0.29) is 5.91 Å². The highest BCUT2D eigenvalue weighted by Crippen LogP contribution is 2.37. The Bertz CT molecular complexity index is 453. The van der Waals surface area contributed by atoms with E-state index in [9.17, 15) is 4.79 Å². The molecule has 0 radical (unpaired) electrons. The Kier molecular flexibility index (Phi) is 3.50. The Morgan fingerprint density at radius 3 is 3.05 bits per heavy atom. The predicted molar refractivity (Wildman–Crippen MR) is 68.9 cm³/mol. The number of methoxy groups -OCH3 is 1. The summed E-state index contributed by atoms with van der Waals surface area (Å²) in [5.74, 6) is 2.07. The minimum Gasteiger partial charge on any atom is -0.384 e. The highest BCUT2D eigenvalue weighted by atomic mass is 16.5. The van der Waals surface area contributed by atoms with Crippen LogP contribution in [0.2, 0.25) is 0 Å². The van der Waals surface area contributed by atoms with E-state index in [2.05, 4.69) is 15.2 Å². The van der Waals surface area contributed by atoms with E-state index in [1.165, 1.54) is 0 Å². The molecule has 1 aliphatic heterocycles. The second-order valence-corrected chi connectivity index (χ2v) is 5.53. The molecule has 1 saturated heterocycles. The molecule has 19 heavy (non-hydrogen) atoms. The Balaban J connectivity index is 1.64. The van der Waals surface area contributed by atoms with Gasteiger partial charge in [0.2, 0.25) is 5.82 Å². The zero-order chi connectivity index (χ0) is 13.2. The van der Waals surface area contributed by atoms with Crippen LogP contribution >= 0.6 is 0 Å². The molecule has 6 heteroatoms. The van der Waals surface area contributed by atoms with Gasteiger partial charge in [-0.3, -0.25) is 9.89 Å². The molecule has 1 aromatic heterocycles. The van der Waals surface area contributed by atoms with E-state index in [0.29, 0.717) is 24.3 Å². The highest BCUT2D eigenvalue weighted by Gasteiger charge is 2.30. The largest absolute Gasteiger partial charge is 0.384 e. The zero-order valence-corrected chi connectivity index (χ0v) is 11.3. The lowest BCUT2D eigenvalue weighted by molar-refractivity contribution is 0.0560. The van der Waals surface area contributed by atoms with Crippen LogP contribution in [0.5, 0.6) is 0 Å². The zero-order valence-electron chi connectivity index (χ0n) is 11.3. The van der Waals surface area contributed by atoms with Crippen molar-refractivity contribution in [3.05, 3.63) is 11.6 Å². The maximum Gasteiger partial charge on any atom is 0.293 e. The van der Waals surface area contributed by atoms with Gasteiger partial charge in [0, 0.05) is 26.1 Å². The molecule has 1 saturated carbocycles. The van der Waals surface area contributed by atoms with Crippen LogP contribution in [0.4, 0.5) is 0 Å². The second kappa shape index (κ2) is 5.28. The number of piperidine rings is 1. The van der Waals surface area contributed by atoms with Gasteiger partial charge in [-0.1, -0.05) is 0 Å². The fourth-order valence-corrected chi connectivity index (χ4v) is 2.67. The summed E-state index contributed by atoms with van der Waals surface area (Å²) in [7, 11) is 1.71. The number of rotatable bonds is 4. The standard InChI is InChI=1S/C13H20N4O2/c1-19-8-9-3-2-6-17(7-9)13(18)12-14-11(15-16-12)10-4-5-10/h9-10H,2-8H2,1H3,(H,14,15,16). The van der Waals surface area contributed by atoms with E-state index in [1.54, 1.807) is 7.11 Å². The number of ether oxygens (including phenoxy) is 1. The number of likely N-dealkylation sites (tertiary alicyclic amines) is 1. The van der Waals surface area contributed by atoms with Gasteiger partial charge in [-0.05, 0) is 31.6 Å². The third-order valence-corrected chi connectivity index (χ3v) is 3.87. The van der Waals surface area contributed by atoms with Crippen molar-refractivity contribution in [3.8, 4) is 0 Å². The summed E-state index contributed by atoms with van der Waals surface area (Å²) < 4.78 is 5.18. The Morgan fingerprint density at radius 2 is 2.32 bits per heavy atom. The first-order valence-corrected chi connectivity index (χ1v) is 6.98. The highest BCUT2D eigenvalue weighted by molar-refractivity contribution is 5.90. The SMILES string of the molecule is COCC1CCCN(C(=O)c2n[nH]c(C3CC3)n2)C1. The minimum atomic E-state index is -0.0519. The fourth-order valence-electron chi connectivity index (χ4n) is 2.67. The van der Waals surface area contributed by atoms with Crippen molar-refractivity contribution in [1.29, 1.82) is 0 Å². The first-order chi connectivity index (χ1) is 9.28. The van der Waals surface area contributed by atoms with Crippen molar-refractivity contribution in [2.24, 2.45) is 5.92 Å². The molecule has 2 heterocycles. The van der Waals surface area contributed by atoms with Crippen molar-refractivity contribution < 1.29 is 9.53 Å². The van der Waals surface area contributed by atoms with E-state index >= 15 is 0 Å². The molecule has 6 nitrogen and oxygen atoms in total. The lowest BCUT2D eigenvalue weighted by Gasteiger charge is -2.31. The molecule has 2 aliphatic rings. The quantitative estimate of drug-likeness (QED) is 0.886. The number of nitrogens with zero attached hydrogens (tertiary/aromatic N) is 3. The van der Waals surface area contributed by atoms with E-state index in [1.807, 2.05) is 4.90 Å². The number of carbonyl (C=O) groups is 1. The summed E-state index contributed by atoms with van der Waals surface area (Å²) in [5.41, 5.74) is 0. The molecule has 1 unspecified atom stereocenters. The van der Waals surface area contributed by atoms with Gasteiger partial charge in [-0.15, -0.1) is 5.10 Å². The summed E-state index contributed by atoms with van der Waals surface area (Å²) in [6, 6.07) is 0. The number of hydrogen-bond acceptors (Lipinski definition) is 4. The van der Waals surface area contributed by atoms with Crippen LogP contribution in [-0.4, -0.2) is 52.8 Å². The van der Waals surface area contributed by atoms with E-state index in [4.69, 9.17) is 4.74 Å². The summed E-state index contributed by atoms with van der Waals surface area (Å²) in [6.45, 7) is 2.26. The molecule has 1 N–H and O–H groups in total. The van der Waals surface area contributed by atoms with Crippen LogP contribution in [0, 0.1) is 5.92 Å². The van der Waals surface area contributed by atoms with E-state index in [0.717, 1.165) is 44.6 Å². The van der Waals surface area contributed by atoms with Gasteiger partial charge in [0.15, 0.2) is 0 Å². The molecule has 3 rings (SSSR count). The summed E-state index contributed by atoms with van der Waals surface area (Å²) in [4.78, 5) is 18.5. The number of nitrogens with one attached hydrogen (secondary N) is 1. The van der Waals surface area contributed by atoms with Gasteiger partial charge in [0.1, 0.15) is 5.82 Å². The molecular formula is C13H20N4O2. The molecule has 1 aliphatic carbocycles. The van der Waals surface area contributed by atoms with Gasteiger partial charge >= 0.3 is 0 Å². The Hall–Kier alpha value is -1.43. The monoisotopic (exact) mass is 264 g/mol. The Labute approximate surface area is 112 Å². The number of aromatic amines is 1. The van der Waals surface area contributed by atoms with Gasteiger partial charge in [0.25, 0.3) is 5.91 Å². The van der Waals surface area contributed by atoms with Gasteiger partial charge < -0.3 is 9.64 Å². The molecular weight excluding hydrogens is 244 g/mol. The average molecular weight is 264 g/mol. The molecule has 1 aromatic rings. The molecule has 1 atom stereocenters. The third kappa shape index (κ3) is 2.78. The van der Waals surface area contributed by atoms with Gasteiger partial charge in [0.05, 0.1) is 6.61 Å². The van der Waals surface area contributed by atoms with Crippen molar-refractivity contribution >= 4 is 5.91 Å². The van der Waals surface area contributed by atoms with Crippen LogP contribution in [0.1, 0.15) is 48.0 Å². The molecule has 0 aromatic carbocycles. The number of carbonyl (C=O) groups excluding carboxylic acids is 1. The maximum absolute atomic E-state index is 12.3. The van der Waals surface area contributed by atoms with Crippen molar-refractivity contribution in [2.45, 2.75) is 31.6 Å². The molecule has 2 fully saturated rings. The number of hydrogen-bond donors (Lipinski definition) is 1. The average Bonchev–Trinajstić information content (AvgIpc) is 3.17. The maximum atomic E-state index is 12.3. The molecule has 1 amide bonds. The van der Waals surface area contributed by atoms with Crippen LogP contribution in [0.3, 0.4) is 0 Å². The topological polar surface area (TPSA) is 71.1 Å². The van der Waals surface area contributed by atoms with Crippen LogP contribution in [-0.2, 0) is 4.74 Å². The van der Waals surface area contributed by atoms with Crippen LogP contribution in [0.15, 0.2) is 0 Å². The van der Waals surface area contributed by atoms with Crippen LogP contribution in [0.25, 0.3) is 0 Å². The second-order valence-electron chi connectivity index (χ2n) is 5.53. The van der Waals surface area contributed by atoms with Crippen molar-refractivity contribution in [2.75, 3.05) is 26.8 Å². The fraction of sp³-hybridized carbons (Fsp3) is 0.769. The molecule has 104 valence electrons. The molecule has 0 spiro atoms. The number of aromatic nitrogens is 3. The normalized spacial score (nSPS) is 23.6. The number of amides is 1. The van der Waals surface area contributed by atoms with E-state index < -0.39 is 0 Å². The smallest absolute Gasteiger partial charge is 0.293 e.